The molecule has 2 aromatic rings. The fraction of sp³-hybridized carbons (Fsp3) is 0.278. The minimum Gasteiger partial charge on any atom is -0.351 e. The summed E-state index contributed by atoms with van der Waals surface area (Å²) in [7, 11) is -3.74. The Bertz CT molecular complexity index is 884. The minimum absolute atomic E-state index is 0.138. The minimum atomic E-state index is -3.74. The summed E-state index contributed by atoms with van der Waals surface area (Å²) in [6.07, 6.45) is 1.14. The molecule has 0 unspecified atom stereocenters. The molecule has 0 spiro atoms. The van der Waals surface area contributed by atoms with Crippen LogP contribution in [-0.4, -0.2) is 31.2 Å². The molecule has 1 heterocycles. The van der Waals surface area contributed by atoms with Gasteiger partial charge in [-0.1, -0.05) is 35.3 Å². The fourth-order valence-electron chi connectivity index (χ4n) is 2.94. The van der Waals surface area contributed by atoms with Gasteiger partial charge in [-0.15, -0.1) is 0 Å². The fourth-order valence-corrected chi connectivity index (χ4v) is 4.85. The summed E-state index contributed by atoms with van der Waals surface area (Å²) in [6.45, 7) is 0.644. The second-order valence-corrected chi connectivity index (χ2v) is 8.84. The molecule has 1 aliphatic rings. The van der Waals surface area contributed by atoms with Gasteiger partial charge in [0.05, 0.1) is 4.90 Å². The Morgan fingerprint density at radius 1 is 1.04 bits per heavy atom. The molecule has 8 heteroatoms. The number of rotatable bonds is 5. The first-order valence-corrected chi connectivity index (χ1v) is 10.4. The van der Waals surface area contributed by atoms with Crippen molar-refractivity contribution in [2.75, 3.05) is 6.54 Å². The number of carbonyl (C=O) groups is 1. The third kappa shape index (κ3) is 4.20. The molecule has 2 aromatic carbocycles. The Labute approximate surface area is 163 Å². The number of hydrogen-bond donors (Lipinski definition) is 1. The largest absolute Gasteiger partial charge is 0.351 e. The van der Waals surface area contributed by atoms with Crippen molar-refractivity contribution >= 4 is 39.1 Å². The van der Waals surface area contributed by atoms with Gasteiger partial charge in [0.2, 0.25) is 15.9 Å². The number of hydrogen-bond acceptors (Lipinski definition) is 3. The molecule has 1 fully saturated rings. The van der Waals surface area contributed by atoms with Crippen LogP contribution in [0, 0.1) is 0 Å². The van der Waals surface area contributed by atoms with Crippen LogP contribution in [0.4, 0.5) is 0 Å². The van der Waals surface area contributed by atoms with E-state index in [0.29, 0.717) is 36.0 Å². The Balaban J connectivity index is 1.71. The van der Waals surface area contributed by atoms with E-state index in [1.807, 2.05) is 12.1 Å². The van der Waals surface area contributed by atoms with Crippen LogP contribution >= 0.6 is 23.2 Å². The normalized spacial score (nSPS) is 18.0. The second kappa shape index (κ2) is 7.96. The van der Waals surface area contributed by atoms with Crippen LogP contribution in [0.2, 0.25) is 10.0 Å². The Morgan fingerprint density at radius 2 is 1.62 bits per heavy atom. The molecule has 1 atom stereocenters. The zero-order valence-corrected chi connectivity index (χ0v) is 16.2. The van der Waals surface area contributed by atoms with E-state index >= 15 is 0 Å². The second-order valence-electron chi connectivity index (χ2n) is 6.07. The van der Waals surface area contributed by atoms with Gasteiger partial charge >= 0.3 is 0 Å². The molecule has 3 rings (SSSR count). The van der Waals surface area contributed by atoms with Crippen molar-refractivity contribution in [2.24, 2.45) is 0 Å². The highest BCUT2D eigenvalue weighted by molar-refractivity contribution is 7.89. The van der Waals surface area contributed by atoms with Gasteiger partial charge in [0.25, 0.3) is 0 Å². The summed E-state index contributed by atoms with van der Waals surface area (Å²) >= 11 is 11.7. The Kier molecular flexibility index (Phi) is 5.87. The molecule has 1 saturated heterocycles. The molecule has 1 amide bonds. The third-order valence-electron chi connectivity index (χ3n) is 4.31. The van der Waals surface area contributed by atoms with E-state index in [2.05, 4.69) is 5.32 Å². The van der Waals surface area contributed by atoms with Crippen molar-refractivity contribution in [3.63, 3.8) is 0 Å². The SMILES string of the molecule is O=C(NCc1ccc(Cl)cc1)[C@@H]1CCCN1S(=O)(=O)c1ccc(Cl)cc1. The lowest BCUT2D eigenvalue weighted by molar-refractivity contribution is -0.124. The third-order valence-corrected chi connectivity index (χ3v) is 6.73. The highest BCUT2D eigenvalue weighted by Crippen LogP contribution is 2.27. The van der Waals surface area contributed by atoms with Gasteiger partial charge in [-0.05, 0) is 54.8 Å². The quantitative estimate of drug-likeness (QED) is 0.817. The molecule has 5 nitrogen and oxygen atoms in total. The number of benzene rings is 2. The number of nitrogens with zero attached hydrogens (tertiary/aromatic N) is 1. The lowest BCUT2D eigenvalue weighted by Crippen LogP contribution is -2.45. The predicted octanol–water partition coefficient (Wildman–Crippen LogP) is 3.46. The molecule has 0 radical (unpaired) electrons. The Hall–Kier alpha value is -1.60. The predicted molar refractivity (Wildman–Crippen MR) is 102 cm³/mol. The van der Waals surface area contributed by atoms with Crippen LogP contribution in [0.15, 0.2) is 53.4 Å². The van der Waals surface area contributed by atoms with Crippen LogP contribution in [0.5, 0.6) is 0 Å². The maximum Gasteiger partial charge on any atom is 0.243 e. The summed E-state index contributed by atoms with van der Waals surface area (Å²) in [4.78, 5) is 12.7. The summed E-state index contributed by atoms with van der Waals surface area (Å²) < 4.78 is 27.0. The maximum atomic E-state index is 12.9. The number of carbonyl (C=O) groups excluding carboxylic acids is 1. The van der Waals surface area contributed by atoms with Crippen LogP contribution in [0.1, 0.15) is 18.4 Å². The van der Waals surface area contributed by atoms with Crippen molar-refractivity contribution in [2.45, 2.75) is 30.3 Å². The van der Waals surface area contributed by atoms with E-state index in [-0.39, 0.29) is 10.8 Å². The molecule has 0 bridgehead atoms. The molecule has 26 heavy (non-hydrogen) atoms. The highest BCUT2D eigenvalue weighted by Gasteiger charge is 2.39. The topological polar surface area (TPSA) is 66.5 Å². The van der Waals surface area contributed by atoms with Crippen LogP contribution in [-0.2, 0) is 21.4 Å². The molecule has 138 valence electrons. The molecule has 1 N–H and O–H groups in total. The zero-order valence-electron chi connectivity index (χ0n) is 13.9. The van der Waals surface area contributed by atoms with Crippen molar-refractivity contribution in [3.05, 3.63) is 64.1 Å². The first-order valence-electron chi connectivity index (χ1n) is 8.17. The van der Waals surface area contributed by atoms with Crippen molar-refractivity contribution in [1.29, 1.82) is 0 Å². The summed E-state index contributed by atoms with van der Waals surface area (Å²) in [5.41, 5.74) is 0.896. The summed E-state index contributed by atoms with van der Waals surface area (Å²) in [5.74, 6) is -0.296. The van der Waals surface area contributed by atoms with Gasteiger partial charge < -0.3 is 5.32 Å². The lowest BCUT2D eigenvalue weighted by Gasteiger charge is -2.23. The monoisotopic (exact) mass is 412 g/mol. The molecule has 0 saturated carbocycles. The molecule has 0 aromatic heterocycles. The van der Waals surface area contributed by atoms with Crippen LogP contribution < -0.4 is 5.32 Å². The summed E-state index contributed by atoms with van der Waals surface area (Å²) in [6, 6.07) is 12.4. The van der Waals surface area contributed by atoms with E-state index in [0.717, 1.165) is 5.56 Å². The van der Waals surface area contributed by atoms with E-state index in [1.165, 1.54) is 28.6 Å². The molecule has 0 aliphatic carbocycles. The Morgan fingerprint density at radius 3 is 2.23 bits per heavy atom. The molecule has 1 aliphatic heterocycles. The zero-order chi connectivity index (χ0) is 18.7. The number of amides is 1. The van der Waals surface area contributed by atoms with Gasteiger partial charge in [0.1, 0.15) is 6.04 Å². The first kappa shape index (κ1) is 19.2. The smallest absolute Gasteiger partial charge is 0.243 e. The standard InChI is InChI=1S/C18H18Cl2N2O3S/c19-14-5-3-13(4-6-14)12-21-18(23)17-2-1-11-22(17)26(24,25)16-9-7-15(20)8-10-16/h3-10,17H,1-2,11-12H2,(H,21,23)/t17-/m0/s1. The van der Waals surface area contributed by atoms with Crippen LogP contribution in [0.25, 0.3) is 0 Å². The first-order chi connectivity index (χ1) is 12.4. The lowest BCUT2D eigenvalue weighted by atomic mass is 10.2. The van der Waals surface area contributed by atoms with Gasteiger partial charge in [0, 0.05) is 23.1 Å². The van der Waals surface area contributed by atoms with Crippen molar-refractivity contribution in [3.8, 4) is 0 Å². The number of sulfonamides is 1. The summed E-state index contributed by atoms with van der Waals surface area (Å²) in [5, 5.41) is 3.90. The van der Waals surface area contributed by atoms with Gasteiger partial charge in [-0.25, -0.2) is 8.42 Å². The van der Waals surface area contributed by atoms with Gasteiger partial charge in [0.15, 0.2) is 0 Å². The average Bonchev–Trinajstić information content (AvgIpc) is 3.12. The van der Waals surface area contributed by atoms with E-state index in [4.69, 9.17) is 23.2 Å². The molecular formula is C18H18Cl2N2O3S. The van der Waals surface area contributed by atoms with Crippen molar-refractivity contribution < 1.29 is 13.2 Å². The van der Waals surface area contributed by atoms with E-state index in [9.17, 15) is 13.2 Å². The van der Waals surface area contributed by atoms with E-state index in [1.54, 1.807) is 12.1 Å². The van der Waals surface area contributed by atoms with Gasteiger partial charge in [-0.2, -0.15) is 4.31 Å². The van der Waals surface area contributed by atoms with Gasteiger partial charge in [-0.3, -0.25) is 4.79 Å². The van der Waals surface area contributed by atoms with Crippen molar-refractivity contribution in [1.82, 2.24) is 9.62 Å². The van der Waals surface area contributed by atoms with Crippen LogP contribution in [0.3, 0.4) is 0 Å². The number of halogens is 2. The highest BCUT2D eigenvalue weighted by atomic mass is 35.5. The molecular weight excluding hydrogens is 395 g/mol. The average molecular weight is 413 g/mol. The van der Waals surface area contributed by atoms with E-state index < -0.39 is 16.1 Å². The number of nitrogens with one attached hydrogen (secondary N) is 1. The maximum absolute atomic E-state index is 12.9.